The van der Waals surface area contributed by atoms with Crippen molar-refractivity contribution < 1.29 is 0 Å². The topological polar surface area (TPSA) is 6.48 Å². The van der Waals surface area contributed by atoms with Crippen molar-refractivity contribution in [2.45, 2.75) is 5.92 Å². The van der Waals surface area contributed by atoms with Crippen molar-refractivity contribution in [2.24, 2.45) is 0 Å². The molecule has 1 unspecified atom stereocenters. The number of benzene rings is 12. The predicted molar refractivity (Wildman–Crippen MR) is 284 cm³/mol. The van der Waals surface area contributed by atoms with Crippen LogP contribution in [0.4, 0.5) is 34.1 Å². The fourth-order valence-electron chi connectivity index (χ4n) is 10.8. The molecule has 0 aliphatic heterocycles. The normalized spacial score (nSPS) is 12.9. The lowest BCUT2D eigenvalue weighted by Crippen LogP contribution is -2.14. The van der Waals surface area contributed by atoms with Gasteiger partial charge in [0.1, 0.15) is 0 Å². The van der Waals surface area contributed by atoms with Crippen molar-refractivity contribution in [2.75, 3.05) is 9.80 Å². The number of rotatable bonds is 8. The Labute approximate surface area is 390 Å². The first-order chi connectivity index (χ1) is 33.2. The fraction of sp³-hybridized carbons (Fsp3) is 0.0154. The molecule has 0 N–H and O–H groups in total. The van der Waals surface area contributed by atoms with Gasteiger partial charge in [0.15, 0.2) is 0 Å². The quantitative estimate of drug-likeness (QED) is 0.150. The average Bonchev–Trinajstić information content (AvgIpc) is 3.73. The maximum absolute atomic E-state index is 2.50. The molecule has 1 aliphatic rings. The summed E-state index contributed by atoms with van der Waals surface area (Å²) in [6, 6.07) is 96.2. The second kappa shape index (κ2) is 16.1. The van der Waals surface area contributed by atoms with Crippen LogP contribution in [-0.2, 0) is 0 Å². The molecule has 0 spiro atoms. The SMILES string of the molecule is c1ccc(C2c3ccccc3-c3cc(-c4cc(N(c5cccc6ccccc56)c5cccc6ccccc56)cc(N(c5cccc6ccccc56)c5cccc6ccccc56)c4)ccc32)cc1. The van der Waals surface area contributed by atoms with Crippen LogP contribution in [0, 0.1) is 0 Å². The summed E-state index contributed by atoms with van der Waals surface area (Å²) in [4.78, 5) is 4.99. The molecule has 0 fully saturated rings. The second-order valence-electron chi connectivity index (χ2n) is 17.6. The predicted octanol–water partition coefficient (Wildman–Crippen LogP) is 18.1. The summed E-state index contributed by atoms with van der Waals surface area (Å²) in [5.41, 5.74) is 15.5. The van der Waals surface area contributed by atoms with Crippen molar-refractivity contribution in [1.29, 1.82) is 0 Å². The molecule has 0 saturated carbocycles. The van der Waals surface area contributed by atoms with E-state index in [4.69, 9.17) is 0 Å². The zero-order valence-electron chi connectivity index (χ0n) is 36.8. The van der Waals surface area contributed by atoms with E-state index >= 15 is 0 Å². The molecular weight excluding hydrogens is 809 g/mol. The van der Waals surface area contributed by atoms with Gasteiger partial charge in [0.25, 0.3) is 0 Å². The van der Waals surface area contributed by atoms with Crippen LogP contribution in [0.1, 0.15) is 22.6 Å². The Morgan fingerprint density at radius 1 is 0.254 bits per heavy atom. The Kier molecular flexibility index (Phi) is 9.28. The largest absolute Gasteiger partial charge is 0.309 e. The summed E-state index contributed by atoms with van der Waals surface area (Å²) < 4.78 is 0. The lowest BCUT2D eigenvalue weighted by molar-refractivity contribution is 1.02. The van der Waals surface area contributed by atoms with Crippen molar-refractivity contribution >= 4 is 77.2 Å². The van der Waals surface area contributed by atoms with Gasteiger partial charge in [-0.25, -0.2) is 0 Å². The summed E-state index contributed by atoms with van der Waals surface area (Å²) in [7, 11) is 0. The highest BCUT2D eigenvalue weighted by molar-refractivity contribution is 6.08. The number of anilines is 6. The molecular formula is C65H44N2. The molecule has 314 valence electrons. The number of nitrogens with zero attached hydrogens (tertiary/aromatic N) is 2. The van der Waals surface area contributed by atoms with E-state index in [1.165, 1.54) is 70.9 Å². The Balaban J connectivity index is 1.13. The highest BCUT2D eigenvalue weighted by atomic mass is 15.2. The molecule has 0 heterocycles. The van der Waals surface area contributed by atoms with Gasteiger partial charge in [0.05, 0.1) is 22.7 Å². The van der Waals surface area contributed by atoms with E-state index in [2.05, 4.69) is 271 Å². The van der Waals surface area contributed by atoms with E-state index in [0.717, 1.165) is 45.3 Å². The van der Waals surface area contributed by atoms with Gasteiger partial charge >= 0.3 is 0 Å². The first-order valence-corrected chi connectivity index (χ1v) is 23.2. The maximum Gasteiger partial charge on any atom is 0.0540 e. The highest BCUT2D eigenvalue weighted by Gasteiger charge is 2.30. The molecule has 0 radical (unpaired) electrons. The molecule has 0 bridgehead atoms. The van der Waals surface area contributed by atoms with Gasteiger partial charge in [-0.15, -0.1) is 0 Å². The molecule has 12 aromatic rings. The molecule has 13 rings (SSSR count). The lowest BCUT2D eigenvalue weighted by atomic mass is 9.89. The Bertz CT molecular complexity index is 3490. The number of hydrogen-bond donors (Lipinski definition) is 0. The van der Waals surface area contributed by atoms with Crippen LogP contribution in [-0.4, -0.2) is 0 Å². The van der Waals surface area contributed by atoms with Gasteiger partial charge in [-0.05, 0) is 109 Å². The third-order valence-electron chi connectivity index (χ3n) is 13.8. The highest BCUT2D eigenvalue weighted by Crippen LogP contribution is 2.51. The maximum atomic E-state index is 2.50. The van der Waals surface area contributed by atoms with Crippen molar-refractivity contribution in [3.63, 3.8) is 0 Å². The van der Waals surface area contributed by atoms with Crippen LogP contribution in [0.25, 0.3) is 65.3 Å². The zero-order chi connectivity index (χ0) is 44.3. The van der Waals surface area contributed by atoms with Gasteiger partial charge in [-0.1, -0.05) is 212 Å². The minimum Gasteiger partial charge on any atom is -0.309 e. The molecule has 2 nitrogen and oxygen atoms in total. The standard InChI is InChI=1S/C65H44N2/c1-2-22-48(23-3-1)65-58-33-13-12-32-57(58)60-42-49(38-39-59(60)65)50-40-51(66(61-34-14-24-44-18-4-8-28-53(44)61)62-35-15-25-45-19-5-9-29-54(45)62)43-52(41-50)67(63-36-16-26-46-20-6-10-30-55(46)63)64-37-17-27-47-21-7-11-31-56(47)64/h1-43,65H. The molecule has 1 aliphatic carbocycles. The Morgan fingerprint density at radius 3 is 1.12 bits per heavy atom. The smallest absolute Gasteiger partial charge is 0.0540 e. The van der Waals surface area contributed by atoms with E-state index < -0.39 is 0 Å². The molecule has 12 aromatic carbocycles. The van der Waals surface area contributed by atoms with Gasteiger partial charge in [-0.2, -0.15) is 0 Å². The van der Waals surface area contributed by atoms with Crippen LogP contribution in [0.15, 0.2) is 261 Å². The van der Waals surface area contributed by atoms with Gasteiger partial charge < -0.3 is 9.80 Å². The van der Waals surface area contributed by atoms with Crippen molar-refractivity contribution in [1.82, 2.24) is 0 Å². The van der Waals surface area contributed by atoms with Gasteiger partial charge in [-0.3, -0.25) is 0 Å². The molecule has 0 aromatic heterocycles. The summed E-state index contributed by atoms with van der Waals surface area (Å²) in [5.74, 6) is 0.171. The third kappa shape index (κ3) is 6.57. The summed E-state index contributed by atoms with van der Waals surface area (Å²) in [6.07, 6.45) is 0. The zero-order valence-corrected chi connectivity index (χ0v) is 36.8. The van der Waals surface area contributed by atoms with Crippen molar-refractivity contribution in [3.8, 4) is 22.3 Å². The first kappa shape index (κ1) is 38.7. The summed E-state index contributed by atoms with van der Waals surface area (Å²) in [6.45, 7) is 0. The average molecular weight is 853 g/mol. The number of hydrogen-bond acceptors (Lipinski definition) is 2. The monoisotopic (exact) mass is 852 g/mol. The van der Waals surface area contributed by atoms with Crippen LogP contribution < -0.4 is 9.80 Å². The van der Waals surface area contributed by atoms with Crippen LogP contribution in [0.5, 0.6) is 0 Å². The summed E-state index contributed by atoms with van der Waals surface area (Å²) >= 11 is 0. The Morgan fingerprint density at radius 2 is 0.642 bits per heavy atom. The second-order valence-corrected chi connectivity index (χ2v) is 17.6. The van der Waals surface area contributed by atoms with Crippen LogP contribution >= 0.6 is 0 Å². The lowest BCUT2D eigenvalue weighted by Gasteiger charge is -2.32. The minimum absolute atomic E-state index is 0.171. The minimum atomic E-state index is 0.171. The molecule has 2 heteroatoms. The van der Waals surface area contributed by atoms with Crippen LogP contribution in [0.2, 0.25) is 0 Å². The number of fused-ring (bicyclic) bond motifs is 7. The van der Waals surface area contributed by atoms with E-state index in [1.54, 1.807) is 0 Å². The van der Waals surface area contributed by atoms with Crippen molar-refractivity contribution in [3.05, 3.63) is 278 Å². The third-order valence-corrected chi connectivity index (χ3v) is 13.8. The molecule has 1 atom stereocenters. The van der Waals surface area contributed by atoms with Gasteiger partial charge in [0, 0.05) is 38.8 Å². The van der Waals surface area contributed by atoms with Gasteiger partial charge in [0.2, 0.25) is 0 Å². The molecule has 0 amide bonds. The van der Waals surface area contributed by atoms with E-state index in [-0.39, 0.29) is 5.92 Å². The van der Waals surface area contributed by atoms with E-state index in [9.17, 15) is 0 Å². The van der Waals surface area contributed by atoms with Crippen LogP contribution in [0.3, 0.4) is 0 Å². The Hall–Kier alpha value is -8.72. The van der Waals surface area contributed by atoms with E-state index in [1.807, 2.05) is 0 Å². The fourth-order valence-corrected chi connectivity index (χ4v) is 10.8. The molecule has 0 saturated heterocycles. The first-order valence-electron chi connectivity index (χ1n) is 23.2. The van der Waals surface area contributed by atoms with E-state index in [0.29, 0.717) is 0 Å². The summed E-state index contributed by atoms with van der Waals surface area (Å²) in [5, 5.41) is 9.52. The molecule has 67 heavy (non-hydrogen) atoms.